The fraction of sp³-hybridized carbons (Fsp3) is 0.467. The highest BCUT2D eigenvalue weighted by Crippen LogP contribution is 2.19. The number of benzene rings is 1. The SMILES string of the molecule is O=C(OC1CCOC1=O)c1ccc(S(=O)(=O)N2CCOCC2)cc1. The maximum Gasteiger partial charge on any atom is 0.347 e. The Morgan fingerprint density at radius 3 is 2.38 bits per heavy atom. The molecule has 130 valence electrons. The Morgan fingerprint density at radius 1 is 1.12 bits per heavy atom. The van der Waals surface area contributed by atoms with Gasteiger partial charge in [0.05, 0.1) is 30.3 Å². The van der Waals surface area contributed by atoms with Crippen molar-refractivity contribution < 1.29 is 32.2 Å². The number of hydrogen-bond acceptors (Lipinski definition) is 7. The molecular formula is C15H17NO7S. The van der Waals surface area contributed by atoms with E-state index in [1.807, 2.05) is 0 Å². The molecule has 2 fully saturated rings. The molecule has 0 bridgehead atoms. The minimum atomic E-state index is -3.61. The van der Waals surface area contributed by atoms with Gasteiger partial charge < -0.3 is 14.2 Å². The third kappa shape index (κ3) is 3.42. The number of hydrogen-bond donors (Lipinski definition) is 0. The van der Waals surface area contributed by atoms with Crippen LogP contribution < -0.4 is 0 Å². The number of carbonyl (C=O) groups is 2. The van der Waals surface area contributed by atoms with Crippen LogP contribution in [-0.2, 0) is 29.0 Å². The average molecular weight is 355 g/mol. The van der Waals surface area contributed by atoms with Crippen molar-refractivity contribution in [1.82, 2.24) is 4.31 Å². The van der Waals surface area contributed by atoms with Gasteiger partial charge in [0.25, 0.3) is 0 Å². The van der Waals surface area contributed by atoms with E-state index < -0.39 is 28.1 Å². The Kier molecular flexibility index (Phi) is 4.83. The number of sulfonamides is 1. The van der Waals surface area contributed by atoms with Crippen LogP contribution >= 0.6 is 0 Å². The normalized spacial score (nSPS) is 22.2. The first-order chi connectivity index (χ1) is 11.5. The predicted molar refractivity (Wildman–Crippen MR) is 80.8 cm³/mol. The van der Waals surface area contributed by atoms with Gasteiger partial charge in [0.15, 0.2) is 0 Å². The Bertz CT molecular complexity index is 723. The summed E-state index contributed by atoms with van der Waals surface area (Å²) in [4.78, 5) is 23.4. The van der Waals surface area contributed by atoms with Gasteiger partial charge in [-0.2, -0.15) is 4.31 Å². The summed E-state index contributed by atoms with van der Waals surface area (Å²) < 4.78 is 41.2. The summed E-state index contributed by atoms with van der Waals surface area (Å²) in [6.07, 6.45) is -0.567. The molecule has 3 rings (SSSR count). The Morgan fingerprint density at radius 2 is 1.79 bits per heavy atom. The Balaban J connectivity index is 1.70. The fourth-order valence-electron chi connectivity index (χ4n) is 2.48. The summed E-state index contributed by atoms with van der Waals surface area (Å²) in [6.45, 7) is 1.56. The number of rotatable bonds is 4. The van der Waals surface area contributed by atoms with Crippen molar-refractivity contribution in [2.45, 2.75) is 17.4 Å². The lowest BCUT2D eigenvalue weighted by Crippen LogP contribution is -2.40. The van der Waals surface area contributed by atoms with Gasteiger partial charge in [-0.05, 0) is 24.3 Å². The molecule has 2 saturated heterocycles. The van der Waals surface area contributed by atoms with Crippen molar-refractivity contribution in [2.75, 3.05) is 32.9 Å². The summed E-state index contributed by atoms with van der Waals surface area (Å²) in [7, 11) is -3.61. The second-order valence-corrected chi connectivity index (χ2v) is 7.33. The smallest absolute Gasteiger partial charge is 0.347 e. The van der Waals surface area contributed by atoms with Crippen LogP contribution in [0, 0.1) is 0 Å². The maximum atomic E-state index is 12.5. The number of cyclic esters (lactones) is 1. The van der Waals surface area contributed by atoms with Crippen molar-refractivity contribution in [1.29, 1.82) is 0 Å². The zero-order valence-electron chi connectivity index (χ0n) is 12.8. The molecule has 0 aliphatic carbocycles. The van der Waals surface area contributed by atoms with Crippen LogP contribution in [0.3, 0.4) is 0 Å². The molecule has 9 heteroatoms. The number of ether oxygens (including phenoxy) is 3. The minimum Gasteiger partial charge on any atom is -0.463 e. The van der Waals surface area contributed by atoms with Crippen LogP contribution in [0.25, 0.3) is 0 Å². The topological polar surface area (TPSA) is 99.2 Å². The van der Waals surface area contributed by atoms with Gasteiger partial charge in [0.1, 0.15) is 0 Å². The summed E-state index contributed by atoms with van der Waals surface area (Å²) in [6, 6.07) is 5.45. The van der Waals surface area contributed by atoms with Crippen LogP contribution in [0.2, 0.25) is 0 Å². The molecular weight excluding hydrogens is 338 g/mol. The van der Waals surface area contributed by atoms with E-state index in [1.54, 1.807) is 0 Å². The average Bonchev–Trinajstić information content (AvgIpc) is 3.00. The molecule has 0 spiro atoms. The summed E-state index contributed by atoms with van der Waals surface area (Å²) in [5.74, 6) is -1.25. The monoisotopic (exact) mass is 355 g/mol. The van der Waals surface area contributed by atoms with E-state index in [-0.39, 0.29) is 17.1 Å². The molecule has 0 saturated carbocycles. The second kappa shape index (κ2) is 6.88. The number of carbonyl (C=O) groups excluding carboxylic acids is 2. The standard InChI is InChI=1S/C15H17NO7S/c17-14(23-13-5-8-22-15(13)18)11-1-3-12(4-2-11)24(19,20)16-6-9-21-10-7-16/h1-4,13H,5-10H2. The molecule has 0 radical (unpaired) electrons. The first-order valence-corrected chi connectivity index (χ1v) is 8.98. The van der Waals surface area contributed by atoms with Gasteiger partial charge >= 0.3 is 11.9 Å². The highest BCUT2D eigenvalue weighted by Gasteiger charge is 2.31. The van der Waals surface area contributed by atoms with Gasteiger partial charge in [-0.15, -0.1) is 0 Å². The van der Waals surface area contributed by atoms with Gasteiger partial charge in [0, 0.05) is 19.5 Å². The molecule has 8 nitrogen and oxygen atoms in total. The van der Waals surface area contributed by atoms with Crippen LogP contribution in [0.4, 0.5) is 0 Å². The predicted octanol–water partition coefficient (Wildman–Crippen LogP) is 0.180. The van der Waals surface area contributed by atoms with Crippen molar-refractivity contribution in [3.05, 3.63) is 29.8 Å². The molecule has 1 aromatic carbocycles. The lowest BCUT2D eigenvalue weighted by molar-refractivity contribution is -0.145. The summed E-state index contributed by atoms with van der Waals surface area (Å²) in [5.41, 5.74) is 0.177. The largest absolute Gasteiger partial charge is 0.463 e. The molecule has 2 aliphatic heterocycles. The van der Waals surface area contributed by atoms with Crippen molar-refractivity contribution in [3.63, 3.8) is 0 Å². The summed E-state index contributed by atoms with van der Waals surface area (Å²) in [5, 5.41) is 0. The van der Waals surface area contributed by atoms with Crippen LogP contribution in [0.1, 0.15) is 16.8 Å². The number of esters is 2. The maximum absolute atomic E-state index is 12.5. The van der Waals surface area contributed by atoms with Crippen LogP contribution in [-0.4, -0.2) is 63.7 Å². The molecule has 2 heterocycles. The molecule has 0 N–H and O–H groups in total. The van der Waals surface area contributed by atoms with Gasteiger partial charge in [-0.1, -0.05) is 0 Å². The third-order valence-electron chi connectivity index (χ3n) is 3.83. The zero-order valence-corrected chi connectivity index (χ0v) is 13.7. The lowest BCUT2D eigenvalue weighted by Gasteiger charge is -2.26. The molecule has 0 amide bonds. The van der Waals surface area contributed by atoms with Gasteiger partial charge in [0.2, 0.25) is 16.1 Å². The lowest BCUT2D eigenvalue weighted by atomic mass is 10.2. The first kappa shape index (κ1) is 16.9. The van der Waals surface area contributed by atoms with Crippen molar-refractivity contribution in [3.8, 4) is 0 Å². The van der Waals surface area contributed by atoms with Gasteiger partial charge in [-0.3, -0.25) is 0 Å². The summed E-state index contributed by atoms with van der Waals surface area (Å²) >= 11 is 0. The van der Waals surface area contributed by atoms with Crippen LogP contribution in [0.15, 0.2) is 29.2 Å². The molecule has 1 unspecified atom stereocenters. The second-order valence-electron chi connectivity index (χ2n) is 5.39. The minimum absolute atomic E-state index is 0.0984. The van der Waals surface area contributed by atoms with Crippen molar-refractivity contribution in [2.24, 2.45) is 0 Å². The molecule has 24 heavy (non-hydrogen) atoms. The zero-order chi connectivity index (χ0) is 17.2. The van der Waals surface area contributed by atoms with E-state index in [1.165, 1.54) is 28.6 Å². The fourth-order valence-corrected chi connectivity index (χ4v) is 3.89. The van der Waals surface area contributed by atoms with E-state index in [2.05, 4.69) is 0 Å². The highest BCUT2D eigenvalue weighted by molar-refractivity contribution is 7.89. The molecule has 2 aliphatic rings. The van der Waals surface area contributed by atoms with Crippen molar-refractivity contribution >= 4 is 22.0 Å². The number of nitrogens with zero attached hydrogens (tertiary/aromatic N) is 1. The van der Waals surface area contributed by atoms with Gasteiger partial charge in [-0.25, -0.2) is 18.0 Å². The highest BCUT2D eigenvalue weighted by atomic mass is 32.2. The molecule has 1 atom stereocenters. The Hall–Kier alpha value is -1.97. The van der Waals surface area contributed by atoms with Crippen LogP contribution in [0.5, 0.6) is 0 Å². The quantitative estimate of drug-likeness (QED) is 0.710. The Labute approximate surface area is 139 Å². The third-order valence-corrected chi connectivity index (χ3v) is 5.75. The van der Waals surface area contributed by atoms with E-state index >= 15 is 0 Å². The van der Waals surface area contributed by atoms with E-state index in [0.29, 0.717) is 32.7 Å². The van der Waals surface area contributed by atoms with E-state index in [0.717, 1.165) is 0 Å². The molecule has 0 aromatic heterocycles. The number of morpholine rings is 1. The van der Waals surface area contributed by atoms with E-state index in [9.17, 15) is 18.0 Å². The first-order valence-electron chi connectivity index (χ1n) is 7.54. The molecule has 1 aromatic rings. The van der Waals surface area contributed by atoms with E-state index in [4.69, 9.17) is 14.2 Å².